The molecule has 0 bridgehead atoms. The van der Waals surface area contributed by atoms with Gasteiger partial charge in [-0.25, -0.2) is 59.3 Å². The van der Waals surface area contributed by atoms with Gasteiger partial charge < -0.3 is 35.2 Å². The van der Waals surface area contributed by atoms with Crippen molar-refractivity contribution in [1.82, 2.24) is 59.2 Å². The number of hydrogen-bond acceptors (Lipinski definition) is 17. The van der Waals surface area contributed by atoms with Gasteiger partial charge in [-0.3, -0.25) is 28.8 Å². The van der Waals surface area contributed by atoms with Crippen molar-refractivity contribution in [2.45, 2.75) is 43.6 Å². The quantitative estimate of drug-likeness (QED) is 0.0222. The third kappa shape index (κ3) is 25.8. The van der Waals surface area contributed by atoms with Crippen LogP contribution in [0.1, 0.15) is 97.0 Å². The molecule has 38 heteroatoms. The SMILES string of the molecule is Cl.Cl.Nc1cccc(-c2nncn2C(CF)CF)n1.O=C(Cc1ccc(F)c(C(=O)Cl)c1)c1ccccc1.O=C(Cc1ccc(F)c(C(=O)Nc2cccc(-c3nncn3C(CF)CF)n2)c1)c1ccccc1.O=C(Cc1ccc(F)c(C(=O)Nc2cccc(-c3nncn3C(CF)CF)n2)c1)c1ccccc1.O=C(O)C(F)(F)F. The number of carbonyl (C=O) groups excluding carboxylic acids is 6. The van der Waals surface area contributed by atoms with Crippen molar-refractivity contribution in [1.29, 1.82) is 0 Å². The first-order chi connectivity index (χ1) is 54.3. The molecule has 6 heterocycles. The predicted octanol–water partition coefficient (Wildman–Crippen LogP) is 15.8. The van der Waals surface area contributed by atoms with E-state index in [0.29, 0.717) is 50.7 Å². The summed E-state index contributed by atoms with van der Waals surface area (Å²) < 4.78 is 156. The minimum absolute atomic E-state index is 0. The van der Waals surface area contributed by atoms with E-state index in [4.69, 9.17) is 27.2 Å². The van der Waals surface area contributed by atoms with Crippen molar-refractivity contribution in [3.05, 3.63) is 287 Å². The average molecular weight is 1660 g/mol. The molecule has 0 aliphatic rings. The number of halogens is 15. The molecule has 0 radical (unpaired) electrons. The number of aromatic nitrogens is 12. The molecule has 12 aromatic rings. The van der Waals surface area contributed by atoms with Crippen LogP contribution in [0.4, 0.5) is 70.1 Å². The first-order valence-corrected chi connectivity index (χ1v) is 33.6. The standard InChI is InChI=1S/2C25H20F3N5O2.C15H10ClFO2.C10H11F2N5.C2HF3O2.2ClH/c2*26-13-18(14-27)33-15-29-32-24(33)21-7-4-8-23(30-21)31-25(35)19-11-16(9-10-20(19)28)12-22(34)17-5-2-1-3-6-17;16-15(19)12-8-10(6-7-13(12)17)9-14(18)11-4-2-1-3-5-11;11-4-7(5-12)17-6-14-16-10(17)8-2-1-3-9(13)15-8;3-2(4,5)1(6)7;;/h2*1-11,15,18H,12-14H2,(H,30,31,35);1-8H,9H2;1-3,6-7H,4-5H2,(H2,13,15);(H,6,7);2*1H. The number of carboxylic acids is 1. The summed E-state index contributed by atoms with van der Waals surface area (Å²) in [5.74, 6) is -5.93. The molecule has 12 rings (SSSR count). The number of nitrogens with zero attached hydrogens (tertiary/aromatic N) is 12. The second-order valence-electron chi connectivity index (χ2n) is 23.7. The first-order valence-electron chi connectivity index (χ1n) is 33.2. The molecular weight excluding hydrogens is 1600 g/mol. The number of alkyl halides is 9. The highest BCUT2D eigenvalue weighted by atomic mass is 35.5. The average Bonchev–Trinajstić information content (AvgIpc) is 1.76. The van der Waals surface area contributed by atoms with Crippen LogP contribution in [0.15, 0.2) is 219 Å². The van der Waals surface area contributed by atoms with Crippen molar-refractivity contribution in [3.63, 3.8) is 0 Å². The Labute approximate surface area is 662 Å². The van der Waals surface area contributed by atoms with E-state index in [2.05, 4.69) is 56.2 Å². The van der Waals surface area contributed by atoms with Crippen LogP contribution in [-0.2, 0) is 24.1 Å². The normalized spacial score (nSPS) is 10.7. The number of benzene rings is 6. The minimum Gasteiger partial charge on any atom is -0.475 e. The van der Waals surface area contributed by atoms with Gasteiger partial charge in [0.2, 0.25) is 0 Å². The molecule has 5 N–H and O–H groups in total. The molecular formula is C77H64Cl3F12N15O8. The highest BCUT2D eigenvalue weighted by Gasteiger charge is 2.38. The lowest BCUT2D eigenvalue weighted by molar-refractivity contribution is -0.192. The molecule has 0 atom stereocenters. The zero-order valence-corrected chi connectivity index (χ0v) is 61.7. The molecule has 6 aromatic heterocycles. The molecule has 0 aliphatic heterocycles. The molecule has 0 fully saturated rings. The third-order valence-electron chi connectivity index (χ3n) is 15.8. The summed E-state index contributed by atoms with van der Waals surface area (Å²) in [6, 6.07) is 48.8. The van der Waals surface area contributed by atoms with Gasteiger partial charge in [0.05, 0.1) is 34.8 Å². The number of Topliss-reactive ketones (excluding diaryl/α,β-unsaturated/α-hetero) is 3. The van der Waals surface area contributed by atoms with Gasteiger partial charge in [-0.15, -0.1) is 55.4 Å². The number of hydrogen-bond donors (Lipinski definition) is 4. The summed E-state index contributed by atoms with van der Waals surface area (Å²) in [6.45, 7) is -5.49. The van der Waals surface area contributed by atoms with Gasteiger partial charge in [0.15, 0.2) is 34.8 Å². The maximum Gasteiger partial charge on any atom is 0.490 e. The van der Waals surface area contributed by atoms with Gasteiger partial charge in [-0.05, 0) is 101 Å². The van der Waals surface area contributed by atoms with E-state index < -0.39 is 105 Å². The molecule has 0 unspecified atom stereocenters. The number of anilines is 3. The Bertz CT molecular complexity index is 5040. The topological polar surface area (TPSA) is 321 Å². The zero-order valence-electron chi connectivity index (χ0n) is 59.4. The van der Waals surface area contributed by atoms with E-state index in [1.165, 1.54) is 81.2 Å². The predicted molar refractivity (Wildman–Crippen MR) is 404 cm³/mol. The smallest absolute Gasteiger partial charge is 0.475 e. The van der Waals surface area contributed by atoms with Gasteiger partial charge >= 0.3 is 12.1 Å². The van der Waals surface area contributed by atoms with Crippen LogP contribution >= 0.6 is 36.4 Å². The fraction of sp³-hybridized carbons (Fsp3) is 0.169. The Kier molecular flexibility index (Phi) is 35.1. The van der Waals surface area contributed by atoms with Crippen molar-refractivity contribution in [3.8, 4) is 34.6 Å². The van der Waals surface area contributed by atoms with Crippen molar-refractivity contribution in [2.24, 2.45) is 0 Å². The van der Waals surface area contributed by atoms with Gasteiger partial charge in [-0.2, -0.15) is 13.2 Å². The highest BCUT2D eigenvalue weighted by molar-refractivity contribution is 6.67. The summed E-state index contributed by atoms with van der Waals surface area (Å²) in [7, 11) is 0. The zero-order chi connectivity index (χ0) is 81.7. The van der Waals surface area contributed by atoms with Crippen LogP contribution in [0.25, 0.3) is 34.6 Å². The Morgan fingerprint density at radius 2 is 0.696 bits per heavy atom. The van der Waals surface area contributed by atoms with E-state index in [9.17, 15) is 81.5 Å². The van der Waals surface area contributed by atoms with Gasteiger partial charge in [0.1, 0.15) is 111 Å². The molecule has 23 nitrogen and oxygen atoms in total. The van der Waals surface area contributed by atoms with E-state index in [-0.39, 0.29) is 113 Å². The first kappa shape index (κ1) is 91.0. The van der Waals surface area contributed by atoms with Crippen molar-refractivity contribution < 1.29 is 91.4 Å². The fourth-order valence-electron chi connectivity index (χ4n) is 10.1. The van der Waals surface area contributed by atoms with E-state index in [1.807, 2.05) is 6.07 Å². The van der Waals surface area contributed by atoms with Gasteiger partial charge in [0.25, 0.3) is 17.1 Å². The third-order valence-corrected chi connectivity index (χ3v) is 16.0. The molecule has 0 aliphatic carbocycles. The summed E-state index contributed by atoms with van der Waals surface area (Å²) in [5.41, 5.74) is 8.80. The maximum absolute atomic E-state index is 14.4. The molecule has 0 spiro atoms. The number of carboxylic acid groups (broad SMARTS) is 1. The lowest BCUT2D eigenvalue weighted by Gasteiger charge is -2.13. The Morgan fingerprint density at radius 3 is 0.983 bits per heavy atom. The second-order valence-corrected chi connectivity index (χ2v) is 24.0. The van der Waals surface area contributed by atoms with Crippen LogP contribution in [0.3, 0.4) is 0 Å². The second kappa shape index (κ2) is 44.4. The minimum atomic E-state index is -5.08. The summed E-state index contributed by atoms with van der Waals surface area (Å²) in [4.78, 5) is 95.0. The van der Waals surface area contributed by atoms with E-state index in [0.717, 1.165) is 18.2 Å². The molecule has 115 heavy (non-hydrogen) atoms. The van der Waals surface area contributed by atoms with Crippen LogP contribution in [0.2, 0.25) is 0 Å². The number of carbonyl (C=O) groups is 7. The number of nitrogens with one attached hydrogen (secondary N) is 2. The monoisotopic (exact) mass is 1660 g/mol. The van der Waals surface area contributed by atoms with Crippen LogP contribution < -0.4 is 16.4 Å². The number of ketones is 3. The van der Waals surface area contributed by atoms with E-state index in [1.54, 1.807) is 127 Å². The Balaban J connectivity index is 0.000000240. The lowest BCUT2D eigenvalue weighted by atomic mass is 10.0. The van der Waals surface area contributed by atoms with Crippen molar-refractivity contribution in [2.75, 3.05) is 56.4 Å². The molecule has 600 valence electrons. The number of pyridine rings is 3. The fourth-order valence-corrected chi connectivity index (χ4v) is 10.3. The lowest BCUT2D eigenvalue weighted by Crippen LogP contribution is -2.21. The van der Waals surface area contributed by atoms with Crippen LogP contribution in [0.5, 0.6) is 0 Å². The van der Waals surface area contributed by atoms with Crippen LogP contribution in [0, 0.1) is 17.5 Å². The Morgan fingerprint density at radius 1 is 0.409 bits per heavy atom. The van der Waals surface area contributed by atoms with E-state index >= 15 is 0 Å². The number of aliphatic carboxylic acids is 1. The number of rotatable bonds is 26. The van der Waals surface area contributed by atoms with Crippen molar-refractivity contribution >= 4 is 94.2 Å². The summed E-state index contributed by atoms with van der Waals surface area (Å²) in [6.07, 6.45) is -1.31. The molecule has 0 saturated heterocycles. The molecule has 6 aromatic carbocycles. The molecule has 0 saturated carbocycles. The number of amides is 2. The number of nitrogens with two attached hydrogens (primary N) is 1. The highest BCUT2D eigenvalue weighted by Crippen LogP contribution is 2.27. The largest absolute Gasteiger partial charge is 0.490 e. The summed E-state index contributed by atoms with van der Waals surface area (Å²) >= 11 is 5.27. The maximum atomic E-state index is 14.4. The summed E-state index contributed by atoms with van der Waals surface area (Å²) in [5, 5.41) is 33.9. The molecule has 2 amide bonds. The van der Waals surface area contributed by atoms with Crippen LogP contribution in [-0.4, -0.2) is 151 Å². The van der Waals surface area contributed by atoms with Gasteiger partial charge in [-0.1, -0.05) is 127 Å². The number of nitrogen functional groups attached to an aromatic ring is 1. The Hall–Kier alpha value is -12.9. The van der Waals surface area contributed by atoms with Gasteiger partial charge in [0, 0.05) is 36.0 Å².